The Morgan fingerprint density at radius 1 is 0.577 bits per heavy atom. The van der Waals surface area contributed by atoms with Gasteiger partial charge in [0.1, 0.15) is 0 Å². The van der Waals surface area contributed by atoms with Gasteiger partial charge in [-0.15, -0.1) is 23.5 Å². The molecule has 0 saturated heterocycles. The van der Waals surface area contributed by atoms with E-state index in [1.165, 1.54) is 105 Å². The number of hydrogen-bond acceptors (Lipinski definition) is 2. The van der Waals surface area contributed by atoms with Gasteiger partial charge in [0.15, 0.2) is 0 Å². The molecule has 1 aromatic rings. The van der Waals surface area contributed by atoms with Crippen LogP contribution in [-0.4, -0.2) is 11.5 Å². The lowest BCUT2D eigenvalue weighted by Crippen LogP contribution is -1.90. The Labute approximate surface area is 198 Å². The molecule has 0 N–H and O–H groups in total. The lowest BCUT2D eigenvalue weighted by molar-refractivity contribution is 0.627. The molecule has 0 aliphatic heterocycles. The van der Waals surface area contributed by atoms with E-state index in [-0.39, 0.29) is 0 Å². The molecule has 0 nitrogen and oxygen atoms in total. The molecule has 1 rings (SSSR count). The topological polar surface area (TPSA) is 0 Å². The number of halogens is 2. The summed E-state index contributed by atoms with van der Waals surface area (Å²) in [6.45, 7) is 4.57. The van der Waals surface area contributed by atoms with Crippen molar-refractivity contribution < 1.29 is 0 Å². The summed E-state index contributed by atoms with van der Waals surface area (Å²) in [5.74, 6) is 2.53. The van der Waals surface area contributed by atoms with Gasteiger partial charge < -0.3 is 0 Å². The Morgan fingerprint density at radius 2 is 0.923 bits per heavy atom. The van der Waals surface area contributed by atoms with E-state index in [2.05, 4.69) is 94.7 Å². The second kappa shape index (κ2) is 17.3. The van der Waals surface area contributed by atoms with Crippen LogP contribution < -0.4 is 0 Å². The summed E-state index contributed by atoms with van der Waals surface area (Å²) >= 11 is 9.16. The highest BCUT2D eigenvalue weighted by Crippen LogP contribution is 2.34. The molecule has 0 aromatic heterocycles. The number of thioether (sulfide) groups is 2. The van der Waals surface area contributed by atoms with Crippen molar-refractivity contribution in [2.45, 2.75) is 101 Å². The molecule has 150 valence electrons. The van der Waals surface area contributed by atoms with E-state index in [9.17, 15) is 0 Å². The van der Waals surface area contributed by atoms with Gasteiger partial charge in [-0.25, -0.2) is 0 Å². The Hall–Kier alpha value is 1.38. The number of hydrogen-bond donors (Lipinski definition) is 0. The van der Waals surface area contributed by atoms with Gasteiger partial charge in [0.2, 0.25) is 0 Å². The first kappa shape index (κ1) is 25.4. The molecule has 0 saturated carbocycles. The zero-order valence-electron chi connectivity index (χ0n) is 16.6. The summed E-state index contributed by atoms with van der Waals surface area (Å²) in [6, 6.07) is 4.82. The van der Waals surface area contributed by atoms with E-state index in [0.717, 1.165) is 0 Å². The van der Waals surface area contributed by atoms with Gasteiger partial charge in [0.25, 0.3) is 0 Å². The van der Waals surface area contributed by atoms with E-state index < -0.39 is 0 Å². The van der Waals surface area contributed by atoms with Crippen molar-refractivity contribution in [1.82, 2.24) is 0 Å². The lowest BCUT2D eigenvalue weighted by Gasteiger charge is -2.10. The van der Waals surface area contributed by atoms with E-state index in [1.807, 2.05) is 0 Å². The Morgan fingerprint density at radius 3 is 1.31 bits per heavy atom. The van der Waals surface area contributed by atoms with Crippen LogP contribution in [0, 0.1) is 7.14 Å². The first-order valence-electron chi connectivity index (χ1n) is 10.4. The van der Waals surface area contributed by atoms with Crippen LogP contribution in [0.25, 0.3) is 0 Å². The van der Waals surface area contributed by atoms with Gasteiger partial charge in [-0.05, 0) is 81.7 Å². The summed E-state index contributed by atoms with van der Waals surface area (Å²) in [7, 11) is 0. The number of rotatable bonds is 16. The number of benzene rings is 1. The van der Waals surface area contributed by atoms with Gasteiger partial charge in [-0.3, -0.25) is 0 Å². The maximum Gasteiger partial charge on any atom is 0.0278 e. The molecule has 0 aliphatic carbocycles. The van der Waals surface area contributed by atoms with Gasteiger partial charge in [0, 0.05) is 16.9 Å². The van der Waals surface area contributed by atoms with Gasteiger partial charge in [0.05, 0.1) is 0 Å². The molecular formula is C22H36I2S2. The molecule has 0 aliphatic rings. The highest BCUT2D eigenvalue weighted by Gasteiger charge is 2.08. The minimum Gasteiger partial charge on any atom is -0.125 e. The monoisotopic (exact) mass is 618 g/mol. The molecule has 0 heterocycles. The van der Waals surface area contributed by atoms with E-state index in [0.29, 0.717) is 0 Å². The summed E-state index contributed by atoms with van der Waals surface area (Å²) in [6.07, 6.45) is 16.7. The molecule has 0 fully saturated rings. The van der Waals surface area contributed by atoms with E-state index >= 15 is 0 Å². The molecule has 0 amide bonds. The average Bonchev–Trinajstić information content (AvgIpc) is 2.63. The van der Waals surface area contributed by atoms with Crippen molar-refractivity contribution in [3.05, 3.63) is 19.3 Å². The van der Waals surface area contributed by atoms with Crippen molar-refractivity contribution in [2.24, 2.45) is 0 Å². The molecule has 4 heteroatoms. The minimum absolute atomic E-state index is 1.27. The highest BCUT2D eigenvalue weighted by atomic mass is 127. The summed E-state index contributed by atoms with van der Waals surface area (Å²) in [5, 5.41) is 0. The van der Waals surface area contributed by atoms with Crippen LogP contribution in [0.3, 0.4) is 0 Å². The summed E-state index contributed by atoms with van der Waals surface area (Å²) in [5.41, 5.74) is 0. The quantitative estimate of drug-likeness (QED) is 0.103. The third-order valence-corrected chi connectivity index (χ3v) is 9.30. The van der Waals surface area contributed by atoms with E-state index in [1.54, 1.807) is 0 Å². The molecule has 0 spiro atoms. The third kappa shape index (κ3) is 12.1. The van der Waals surface area contributed by atoms with Crippen LogP contribution in [0.5, 0.6) is 0 Å². The molecule has 0 unspecified atom stereocenters. The predicted molar refractivity (Wildman–Crippen MR) is 140 cm³/mol. The largest absolute Gasteiger partial charge is 0.125 e. The van der Waals surface area contributed by atoms with Gasteiger partial charge in [-0.1, -0.05) is 78.1 Å². The Kier molecular flexibility index (Phi) is 16.9. The van der Waals surface area contributed by atoms with Crippen LogP contribution in [0.4, 0.5) is 0 Å². The number of unbranched alkanes of at least 4 members (excludes halogenated alkanes) is 10. The highest BCUT2D eigenvalue weighted by molar-refractivity contribution is 14.1. The zero-order valence-corrected chi connectivity index (χ0v) is 22.6. The first-order valence-corrected chi connectivity index (χ1v) is 14.6. The standard InChI is InChI=1S/C22H36I2S2/c1-3-5-7-9-11-13-15-25-21-17-20(24)22(18-19(21)23)26-16-14-12-10-8-6-4-2/h17-18H,3-16H2,1-2H3. The van der Waals surface area contributed by atoms with Crippen LogP contribution in [0.2, 0.25) is 0 Å². The molecule has 1 aromatic carbocycles. The normalized spacial score (nSPS) is 11.2. The van der Waals surface area contributed by atoms with Crippen molar-refractivity contribution in [1.29, 1.82) is 0 Å². The maximum atomic E-state index is 2.53. The van der Waals surface area contributed by atoms with Crippen LogP contribution in [0.15, 0.2) is 21.9 Å². The predicted octanol–water partition coefficient (Wildman–Crippen LogP) is 9.80. The fraction of sp³-hybridized carbons (Fsp3) is 0.727. The smallest absolute Gasteiger partial charge is 0.0278 e. The fourth-order valence-electron chi connectivity index (χ4n) is 2.86. The van der Waals surface area contributed by atoms with Crippen LogP contribution >= 0.6 is 68.7 Å². The fourth-order valence-corrected chi connectivity index (χ4v) is 7.08. The lowest BCUT2D eigenvalue weighted by atomic mass is 10.1. The van der Waals surface area contributed by atoms with Crippen molar-refractivity contribution in [3.8, 4) is 0 Å². The van der Waals surface area contributed by atoms with Gasteiger partial charge in [-0.2, -0.15) is 0 Å². The molecule has 0 radical (unpaired) electrons. The average molecular weight is 618 g/mol. The van der Waals surface area contributed by atoms with Crippen LogP contribution in [0.1, 0.15) is 90.9 Å². The van der Waals surface area contributed by atoms with Gasteiger partial charge >= 0.3 is 0 Å². The molecule has 0 atom stereocenters. The van der Waals surface area contributed by atoms with Crippen molar-refractivity contribution in [3.63, 3.8) is 0 Å². The Bertz CT molecular complexity index is 434. The van der Waals surface area contributed by atoms with Crippen molar-refractivity contribution >= 4 is 68.7 Å². The minimum atomic E-state index is 1.27. The zero-order chi connectivity index (χ0) is 19.0. The van der Waals surface area contributed by atoms with Crippen molar-refractivity contribution in [2.75, 3.05) is 11.5 Å². The SMILES string of the molecule is CCCCCCCCSc1cc(I)c(SCCCCCCCC)cc1I. The summed E-state index contributed by atoms with van der Waals surface area (Å²) in [4.78, 5) is 2.96. The third-order valence-electron chi connectivity index (χ3n) is 4.50. The van der Waals surface area contributed by atoms with E-state index in [4.69, 9.17) is 0 Å². The second-order valence-corrected chi connectivity index (χ2v) is 11.5. The summed E-state index contributed by atoms with van der Waals surface area (Å²) < 4.78 is 2.87. The Balaban J connectivity index is 2.26. The first-order chi connectivity index (χ1) is 12.7. The molecule has 0 bridgehead atoms. The molecular weight excluding hydrogens is 582 g/mol. The second-order valence-electron chi connectivity index (χ2n) is 6.95. The molecule has 26 heavy (non-hydrogen) atoms. The van der Waals surface area contributed by atoms with Crippen LogP contribution in [-0.2, 0) is 0 Å². The maximum absolute atomic E-state index is 2.53.